The third-order valence-electron chi connectivity index (χ3n) is 1.52. The van der Waals surface area contributed by atoms with Gasteiger partial charge in [0.15, 0.2) is 0 Å². The molecule has 0 bridgehead atoms. The molecule has 0 aliphatic carbocycles. The molecule has 0 aromatic carbocycles. The Balaban J connectivity index is 0. The van der Waals surface area contributed by atoms with Gasteiger partial charge in [-0.3, -0.25) is 0 Å². The van der Waals surface area contributed by atoms with Crippen LogP contribution < -0.4 is 56.7 Å². The molecule has 0 saturated carbocycles. The van der Waals surface area contributed by atoms with Crippen LogP contribution in [0.5, 0.6) is 0 Å². The monoisotopic (exact) mass is 182 g/mol. The summed E-state index contributed by atoms with van der Waals surface area (Å²) in [5.74, 6) is 0. The van der Waals surface area contributed by atoms with Crippen LogP contribution in [-0.4, -0.2) is 37.5 Å². The van der Waals surface area contributed by atoms with Gasteiger partial charge < -0.3 is 15.0 Å². The van der Waals surface area contributed by atoms with Gasteiger partial charge in [-0.2, -0.15) is 6.41 Å². The van der Waals surface area contributed by atoms with E-state index in [1.165, 1.54) is 0 Å². The first-order valence-corrected chi connectivity index (χ1v) is 3.67. The van der Waals surface area contributed by atoms with Crippen LogP contribution >= 0.6 is 0 Å². The molecule has 0 unspecified atom stereocenters. The minimum absolute atomic E-state index is 0. The summed E-state index contributed by atoms with van der Waals surface area (Å²) in [6, 6.07) is 0. The van der Waals surface area contributed by atoms with Gasteiger partial charge in [0.2, 0.25) is 0 Å². The van der Waals surface area contributed by atoms with Gasteiger partial charge in [-0.15, -0.1) is 0 Å². The summed E-state index contributed by atoms with van der Waals surface area (Å²) in [6.07, 6.45) is 1.64. The summed E-state index contributed by atoms with van der Waals surface area (Å²) in [5, 5.41) is 2.50. The Kier molecular flexibility index (Phi) is 14.7. The van der Waals surface area contributed by atoms with Crippen LogP contribution in [0.2, 0.25) is 0 Å². The van der Waals surface area contributed by atoms with Gasteiger partial charge in [0.25, 0.3) is 0 Å². The van der Waals surface area contributed by atoms with Gasteiger partial charge in [0.1, 0.15) is 0 Å². The van der Waals surface area contributed by atoms with Gasteiger partial charge >= 0.3 is 51.4 Å². The number of nitrogens with one attached hydrogen (secondary N) is 1. The van der Waals surface area contributed by atoms with Crippen LogP contribution in [0.4, 0.5) is 0 Å². The molecule has 0 fully saturated rings. The second-order valence-corrected chi connectivity index (χ2v) is 2.06. The van der Waals surface area contributed by atoms with E-state index in [1.807, 2.05) is 0 Å². The Morgan fingerprint density at radius 3 is 2.27 bits per heavy atom. The first-order chi connectivity index (χ1) is 4.85. The first-order valence-electron chi connectivity index (χ1n) is 3.67. The molecule has 1 N–H and O–H groups in total. The maximum absolute atomic E-state index is 9.71. The van der Waals surface area contributed by atoms with Crippen LogP contribution in [0.3, 0.4) is 0 Å². The molecule has 0 spiro atoms. The van der Waals surface area contributed by atoms with Gasteiger partial charge in [-0.1, -0.05) is 13.8 Å². The molecule has 0 heterocycles. The van der Waals surface area contributed by atoms with Crippen LogP contribution in [0.25, 0.3) is 0 Å². The van der Waals surface area contributed by atoms with Crippen molar-refractivity contribution in [1.82, 2.24) is 10.2 Å². The summed E-state index contributed by atoms with van der Waals surface area (Å²) >= 11 is 0. The quantitative estimate of drug-likeness (QED) is 0.205. The van der Waals surface area contributed by atoms with Crippen molar-refractivity contribution in [3.63, 3.8) is 0 Å². The fourth-order valence-electron chi connectivity index (χ4n) is 0.805. The van der Waals surface area contributed by atoms with E-state index in [9.17, 15) is 4.79 Å². The minimum atomic E-state index is 0. The molecule has 3 nitrogen and oxygen atoms in total. The predicted molar refractivity (Wildman–Crippen MR) is 41.5 cm³/mol. The zero-order valence-corrected chi connectivity index (χ0v) is 10.8. The van der Waals surface area contributed by atoms with Gasteiger partial charge in [0, 0.05) is 6.54 Å². The number of hydrogen-bond donors (Lipinski definition) is 1. The number of likely N-dealkylation sites (N-methyl/N-ethyl adjacent to an activating group) is 1. The zero-order valence-electron chi connectivity index (χ0n) is 7.68. The molecule has 0 atom stereocenters. The second-order valence-electron chi connectivity index (χ2n) is 2.06. The Bertz CT molecular complexity index is 86.5. The molecular formula is C7H15KN2O. The van der Waals surface area contributed by atoms with E-state index in [0.29, 0.717) is 6.54 Å². The molecule has 1 amide bonds. The van der Waals surface area contributed by atoms with E-state index in [0.717, 1.165) is 19.6 Å². The van der Waals surface area contributed by atoms with Crippen molar-refractivity contribution in [2.24, 2.45) is 0 Å². The molecule has 4 heteroatoms. The SMILES string of the molecule is CCN(CC)CCN[C-]=O.[K+]. The molecule has 0 aliphatic rings. The minimum Gasteiger partial charge on any atom is -0.529 e. The van der Waals surface area contributed by atoms with Crippen LogP contribution in [-0.2, 0) is 4.79 Å². The molecule has 11 heavy (non-hydrogen) atoms. The van der Waals surface area contributed by atoms with Crippen LogP contribution in [0, 0.1) is 0 Å². The Labute approximate surface area is 111 Å². The average molecular weight is 182 g/mol. The van der Waals surface area contributed by atoms with E-state index < -0.39 is 0 Å². The molecule has 0 radical (unpaired) electrons. The van der Waals surface area contributed by atoms with E-state index in [2.05, 4.69) is 24.1 Å². The Morgan fingerprint density at radius 2 is 1.91 bits per heavy atom. The van der Waals surface area contributed by atoms with E-state index >= 15 is 0 Å². The first kappa shape index (κ1) is 14.6. The number of hydrogen-bond acceptors (Lipinski definition) is 2. The number of amides is 1. The fraction of sp³-hybridized carbons (Fsp3) is 0.857. The predicted octanol–water partition coefficient (Wildman–Crippen LogP) is -3.01. The van der Waals surface area contributed by atoms with E-state index in [4.69, 9.17) is 0 Å². The maximum atomic E-state index is 9.71. The molecule has 0 rings (SSSR count). The van der Waals surface area contributed by atoms with Crippen molar-refractivity contribution < 1.29 is 56.2 Å². The van der Waals surface area contributed by atoms with Crippen LogP contribution in [0.15, 0.2) is 0 Å². The van der Waals surface area contributed by atoms with Gasteiger partial charge in [-0.25, -0.2) is 0 Å². The van der Waals surface area contributed by atoms with Gasteiger partial charge in [-0.05, 0) is 19.6 Å². The third kappa shape index (κ3) is 8.98. The van der Waals surface area contributed by atoms with E-state index in [-0.39, 0.29) is 51.4 Å². The molecular weight excluding hydrogens is 167 g/mol. The summed E-state index contributed by atoms with van der Waals surface area (Å²) in [4.78, 5) is 11.9. The second kappa shape index (κ2) is 11.1. The van der Waals surface area contributed by atoms with Crippen molar-refractivity contribution in [3.8, 4) is 0 Å². The molecule has 0 saturated heterocycles. The standard InChI is InChI=1S/C7H15N2O.K/c1-3-9(4-2)6-5-8-7-10;/h3-6H2,1-2H3,(H,8,10);/q-1;+1. The molecule has 0 aromatic heterocycles. The summed E-state index contributed by atoms with van der Waals surface area (Å²) in [6.45, 7) is 7.91. The molecule has 60 valence electrons. The fourth-order valence-corrected chi connectivity index (χ4v) is 0.805. The van der Waals surface area contributed by atoms with Crippen molar-refractivity contribution in [1.29, 1.82) is 0 Å². The summed E-state index contributed by atoms with van der Waals surface area (Å²) in [5.41, 5.74) is 0. The number of carbonyl (C=O) groups excluding carboxylic acids is 1. The van der Waals surface area contributed by atoms with Crippen molar-refractivity contribution in [2.45, 2.75) is 13.8 Å². The zero-order chi connectivity index (χ0) is 7.82. The molecule has 0 aliphatic heterocycles. The average Bonchev–Trinajstić information content (AvgIpc) is 1.99. The van der Waals surface area contributed by atoms with E-state index in [1.54, 1.807) is 6.41 Å². The smallest absolute Gasteiger partial charge is 0.529 e. The topological polar surface area (TPSA) is 32.3 Å². The maximum Gasteiger partial charge on any atom is 1.00 e. The molecule has 0 aromatic rings. The summed E-state index contributed by atoms with van der Waals surface area (Å²) < 4.78 is 0. The third-order valence-corrected chi connectivity index (χ3v) is 1.52. The summed E-state index contributed by atoms with van der Waals surface area (Å²) in [7, 11) is 0. The van der Waals surface area contributed by atoms with Crippen molar-refractivity contribution in [3.05, 3.63) is 0 Å². The number of nitrogens with zero attached hydrogens (tertiary/aromatic N) is 1. The number of rotatable bonds is 6. The Hall–Kier alpha value is 1.07. The van der Waals surface area contributed by atoms with Crippen LogP contribution in [0.1, 0.15) is 13.8 Å². The largest absolute Gasteiger partial charge is 1.00 e. The van der Waals surface area contributed by atoms with Crippen molar-refractivity contribution in [2.75, 3.05) is 26.2 Å². The Morgan fingerprint density at radius 1 is 1.36 bits per heavy atom. The van der Waals surface area contributed by atoms with Crippen molar-refractivity contribution >= 4 is 6.41 Å². The van der Waals surface area contributed by atoms with Gasteiger partial charge in [0.05, 0.1) is 0 Å². The normalized spacial score (nSPS) is 9.00.